The number of nitrogens with one attached hydrogen (secondary N) is 1. The largest absolute Gasteiger partial charge is 1.00 e. The number of ether oxygens (including phenoxy) is 1. The maximum atomic E-state index is 12.3. The molecule has 2 saturated heterocycles. The number of hydrogen-bond donors (Lipinski definition) is 1. The van der Waals surface area contributed by atoms with Crippen molar-refractivity contribution >= 4 is 29.5 Å². The van der Waals surface area contributed by atoms with Crippen molar-refractivity contribution in [2.24, 2.45) is 0 Å². The molecule has 0 spiro atoms. The van der Waals surface area contributed by atoms with Crippen molar-refractivity contribution in [1.82, 2.24) is 10.2 Å². The molecule has 4 atom stereocenters. The standard InChI is InChI=1S/C17H20N2O5S.K/c1-9(24-10-7-5-4-6-8-10)13(20)18-11-14(21)19-12(16(22)23)17(2,3)25-15(11)19;/h4-9,11-12,15H,1-3H3,(H,18,20)(H,22,23);/q;+1/p-1/t9-,11-,12+,15-;/m1./s1. The normalized spacial score (nSPS) is 26.8. The Morgan fingerprint density at radius 3 is 2.50 bits per heavy atom. The van der Waals surface area contributed by atoms with E-state index in [0.717, 1.165) is 0 Å². The third-order valence-corrected chi connectivity index (χ3v) is 5.96. The van der Waals surface area contributed by atoms with E-state index in [0.29, 0.717) is 5.75 Å². The van der Waals surface area contributed by atoms with E-state index in [1.54, 1.807) is 45.0 Å². The van der Waals surface area contributed by atoms with Gasteiger partial charge in [0.05, 0.1) is 12.0 Å². The van der Waals surface area contributed by atoms with Crippen molar-refractivity contribution in [2.45, 2.75) is 49.1 Å². The van der Waals surface area contributed by atoms with Crippen molar-refractivity contribution < 1.29 is 75.6 Å². The second-order valence-corrected chi connectivity index (χ2v) is 8.41. The summed E-state index contributed by atoms with van der Waals surface area (Å²) in [5.74, 6) is -1.55. The van der Waals surface area contributed by atoms with Gasteiger partial charge < -0.3 is 24.9 Å². The minimum absolute atomic E-state index is 0. The second-order valence-electron chi connectivity index (χ2n) is 6.64. The Balaban J connectivity index is 0.00000243. The van der Waals surface area contributed by atoms with Gasteiger partial charge in [0, 0.05) is 4.75 Å². The molecular weight excluding hydrogens is 383 g/mol. The van der Waals surface area contributed by atoms with Crippen molar-refractivity contribution in [3.63, 3.8) is 0 Å². The number of benzene rings is 1. The summed E-state index contributed by atoms with van der Waals surface area (Å²) in [5, 5.41) is 13.6. The fourth-order valence-corrected chi connectivity index (χ4v) is 4.77. The van der Waals surface area contributed by atoms with Gasteiger partial charge >= 0.3 is 51.4 Å². The van der Waals surface area contributed by atoms with E-state index in [1.807, 2.05) is 6.07 Å². The molecule has 2 aliphatic rings. The molecule has 0 aromatic heterocycles. The Kier molecular flexibility index (Phi) is 6.84. The van der Waals surface area contributed by atoms with Crippen LogP contribution in [0.3, 0.4) is 0 Å². The third kappa shape index (κ3) is 3.97. The molecule has 1 aromatic carbocycles. The Morgan fingerprint density at radius 2 is 1.92 bits per heavy atom. The SMILES string of the molecule is C[C@@H](Oc1ccccc1)C(=O)N[C@@H]1C(=O)N2[C@@H]1SC(C)(C)[C@@H]2C(=O)[O-].[K+]. The molecule has 0 saturated carbocycles. The molecule has 1 aromatic rings. The van der Waals surface area contributed by atoms with Crippen LogP contribution in [-0.4, -0.2) is 51.0 Å². The van der Waals surface area contributed by atoms with Crippen LogP contribution in [0.5, 0.6) is 5.75 Å². The molecule has 9 heteroatoms. The summed E-state index contributed by atoms with van der Waals surface area (Å²) >= 11 is 1.35. The Labute approximate surface area is 198 Å². The number of amides is 2. The predicted octanol–water partition coefficient (Wildman–Crippen LogP) is -3.25. The number of rotatable bonds is 5. The zero-order valence-corrected chi connectivity index (χ0v) is 19.0. The summed E-state index contributed by atoms with van der Waals surface area (Å²) < 4.78 is 4.87. The Morgan fingerprint density at radius 1 is 1.31 bits per heavy atom. The van der Waals surface area contributed by atoms with Crippen LogP contribution in [0.15, 0.2) is 30.3 Å². The monoisotopic (exact) mass is 402 g/mol. The van der Waals surface area contributed by atoms with Crippen LogP contribution < -0.4 is 66.5 Å². The van der Waals surface area contributed by atoms with Crippen LogP contribution >= 0.6 is 11.8 Å². The molecule has 1 N–H and O–H groups in total. The van der Waals surface area contributed by atoms with Gasteiger partial charge in [0.1, 0.15) is 17.2 Å². The van der Waals surface area contributed by atoms with E-state index in [1.165, 1.54) is 16.7 Å². The van der Waals surface area contributed by atoms with Gasteiger partial charge in [0.2, 0.25) is 5.91 Å². The first-order chi connectivity index (χ1) is 11.7. The van der Waals surface area contributed by atoms with Crippen LogP contribution in [0.4, 0.5) is 0 Å². The molecule has 2 aliphatic heterocycles. The van der Waals surface area contributed by atoms with Crippen molar-refractivity contribution in [3.05, 3.63) is 30.3 Å². The number of β-lactam (4-membered cyclic amide) rings is 1. The smallest absolute Gasteiger partial charge is 0.548 e. The van der Waals surface area contributed by atoms with Crippen molar-refractivity contribution in [1.29, 1.82) is 0 Å². The number of carboxylic acids is 1. The third-order valence-electron chi connectivity index (χ3n) is 4.39. The first-order valence-corrected chi connectivity index (χ1v) is 8.83. The second kappa shape index (κ2) is 8.20. The van der Waals surface area contributed by atoms with E-state index in [2.05, 4.69) is 5.32 Å². The molecule has 0 radical (unpaired) electrons. The number of nitrogens with zero attached hydrogens (tertiary/aromatic N) is 1. The van der Waals surface area contributed by atoms with Gasteiger partial charge in [-0.1, -0.05) is 18.2 Å². The van der Waals surface area contributed by atoms with Crippen LogP contribution in [0.2, 0.25) is 0 Å². The number of fused-ring (bicyclic) bond motifs is 1. The predicted molar refractivity (Wildman–Crippen MR) is 89.6 cm³/mol. The maximum absolute atomic E-state index is 12.3. The van der Waals surface area contributed by atoms with E-state index >= 15 is 0 Å². The first-order valence-electron chi connectivity index (χ1n) is 7.95. The molecule has 0 aliphatic carbocycles. The number of carbonyl (C=O) groups is 3. The number of hydrogen-bond acceptors (Lipinski definition) is 6. The molecule has 0 bridgehead atoms. The molecule has 134 valence electrons. The maximum Gasteiger partial charge on any atom is 1.00 e. The van der Waals surface area contributed by atoms with E-state index in [-0.39, 0.29) is 51.4 Å². The summed E-state index contributed by atoms with van der Waals surface area (Å²) in [4.78, 5) is 37.3. The first kappa shape index (κ1) is 21.7. The molecule has 3 rings (SSSR count). The van der Waals surface area contributed by atoms with Gasteiger partial charge in [-0.05, 0) is 32.9 Å². The summed E-state index contributed by atoms with van der Waals surface area (Å²) in [7, 11) is 0. The van der Waals surface area contributed by atoms with Gasteiger partial charge in [-0.2, -0.15) is 0 Å². The zero-order chi connectivity index (χ0) is 18.4. The minimum Gasteiger partial charge on any atom is -0.548 e. The summed E-state index contributed by atoms with van der Waals surface area (Å²) in [6, 6.07) is 7.16. The fraction of sp³-hybridized carbons (Fsp3) is 0.471. The number of carbonyl (C=O) groups excluding carboxylic acids is 3. The van der Waals surface area contributed by atoms with Crippen LogP contribution in [0, 0.1) is 0 Å². The molecular formula is C17H19KN2O5S. The average Bonchev–Trinajstić information content (AvgIpc) is 2.81. The van der Waals surface area contributed by atoms with Crippen molar-refractivity contribution in [2.75, 3.05) is 0 Å². The number of thioether (sulfide) groups is 1. The van der Waals surface area contributed by atoms with Crippen LogP contribution in [0.1, 0.15) is 20.8 Å². The molecule has 7 nitrogen and oxygen atoms in total. The molecule has 2 fully saturated rings. The molecule has 2 amide bonds. The number of aliphatic carboxylic acids is 1. The Bertz CT molecular complexity index is 714. The molecule has 0 unspecified atom stereocenters. The topological polar surface area (TPSA) is 98.8 Å². The van der Waals surface area contributed by atoms with Gasteiger partial charge in [-0.15, -0.1) is 11.8 Å². The minimum atomic E-state index is -1.28. The Hall–Kier alpha value is -0.584. The average molecular weight is 403 g/mol. The number of para-hydroxylation sites is 1. The van der Waals surface area contributed by atoms with E-state index < -0.39 is 46.1 Å². The van der Waals surface area contributed by atoms with Crippen molar-refractivity contribution in [3.8, 4) is 5.75 Å². The molecule has 2 heterocycles. The fourth-order valence-electron chi connectivity index (χ4n) is 3.15. The number of carboxylic acid groups (broad SMARTS) is 1. The van der Waals surface area contributed by atoms with Gasteiger partial charge in [0.25, 0.3) is 5.91 Å². The quantitative estimate of drug-likeness (QED) is 0.410. The van der Waals surface area contributed by atoms with Gasteiger partial charge in [-0.3, -0.25) is 9.59 Å². The summed E-state index contributed by atoms with van der Waals surface area (Å²) in [6.45, 7) is 5.10. The van der Waals surface area contributed by atoms with E-state index in [9.17, 15) is 19.5 Å². The van der Waals surface area contributed by atoms with E-state index in [4.69, 9.17) is 4.74 Å². The zero-order valence-electron chi connectivity index (χ0n) is 15.1. The van der Waals surface area contributed by atoms with Gasteiger partial charge in [-0.25, -0.2) is 0 Å². The summed E-state index contributed by atoms with van der Waals surface area (Å²) in [5.41, 5.74) is 0. The van der Waals surface area contributed by atoms with Gasteiger partial charge in [0.15, 0.2) is 6.10 Å². The summed E-state index contributed by atoms with van der Waals surface area (Å²) in [6.07, 6.45) is -0.777. The molecule has 26 heavy (non-hydrogen) atoms. The van der Waals surface area contributed by atoms with Crippen LogP contribution in [-0.2, 0) is 14.4 Å². The van der Waals surface area contributed by atoms with Crippen LogP contribution in [0.25, 0.3) is 0 Å².